The molecule has 0 aliphatic carbocycles. The molecule has 16 heavy (non-hydrogen) atoms. The van der Waals surface area contributed by atoms with Crippen LogP contribution in [-0.4, -0.2) is 28.6 Å². The maximum Gasteiger partial charge on any atom is 0.435 e. The first-order valence-electron chi connectivity index (χ1n) is 5.11. The molecule has 0 unspecified atom stereocenters. The van der Waals surface area contributed by atoms with Gasteiger partial charge in [0.1, 0.15) is 5.60 Å². The van der Waals surface area contributed by atoms with Gasteiger partial charge in [0.05, 0.1) is 12.3 Å². The van der Waals surface area contributed by atoms with Crippen LogP contribution in [0.5, 0.6) is 0 Å². The van der Waals surface area contributed by atoms with Gasteiger partial charge in [-0.3, -0.25) is 0 Å². The van der Waals surface area contributed by atoms with Crippen LogP contribution in [0.2, 0.25) is 0 Å². The molecule has 0 amide bonds. The second kappa shape index (κ2) is 4.65. The van der Waals surface area contributed by atoms with E-state index in [1.54, 1.807) is 20.1 Å². The Morgan fingerprint density at radius 1 is 1.50 bits per heavy atom. The van der Waals surface area contributed by atoms with Crippen molar-refractivity contribution in [3.63, 3.8) is 0 Å². The summed E-state index contributed by atoms with van der Waals surface area (Å²) in [6.07, 6.45) is -0.465. The molecule has 0 N–H and O–H groups in total. The van der Waals surface area contributed by atoms with Crippen molar-refractivity contribution in [1.29, 1.82) is 0 Å². The van der Waals surface area contributed by atoms with Crippen molar-refractivity contribution in [1.82, 2.24) is 9.78 Å². The molecular formula is C11H18N2O3. The molecule has 1 heterocycles. The van der Waals surface area contributed by atoms with Crippen LogP contribution in [0.4, 0.5) is 4.79 Å². The number of ether oxygens (including phenoxy) is 2. The zero-order chi connectivity index (χ0) is 12.3. The van der Waals surface area contributed by atoms with Crippen LogP contribution < -0.4 is 0 Å². The smallest absolute Gasteiger partial charge is 0.435 e. The average molecular weight is 226 g/mol. The third-order valence-corrected chi connectivity index (χ3v) is 1.80. The van der Waals surface area contributed by atoms with Gasteiger partial charge in [0.2, 0.25) is 0 Å². The van der Waals surface area contributed by atoms with E-state index < -0.39 is 11.7 Å². The number of carbonyl (C=O) groups is 1. The zero-order valence-corrected chi connectivity index (χ0v) is 10.4. The van der Waals surface area contributed by atoms with Gasteiger partial charge in [-0.25, -0.2) is 4.79 Å². The highest BCUT2D eigenvalue weighted by molar-refractivity contribution is 5.70. The predicted molar refractivity (Wildman–Crippen MR) is 59.3 cm³/mol. The van der Waals surface area contributed by atoms with Crippen molar-refractivity contribution in [2.45, 2.75) is 39.9 Å². The third kappa shape index (κ3) is 3.34. The van der Waals surface area contributed by atoms with Gasteiger partial charge in [-0.15, -0.1) is 0 Å². The molecule has 1 rings (SSSR count). The van der Waals surface area contributed by atoms with E-state index in [2.05, 4.69) is 5.10 Å². The van der Waals surface area contributed by atoms with E-state index in [1.165, 1.54) is 4.68 Å². The van der Waals surface area contributed by atoms with Crippen molar-refractivity contribution < 1.29 is 14.3 Å². The topological polar surface area (TPSA) is 53.4 Å². The maximum absolute atomic E-state index is 11.7. The Bertz CT molecular complexity index is 377. The molecule has 0 aromatic carbocycles. The minimum absolute atomic E-state index is 0.386. The number of aryl methyl sites for hydroxylation is 1. The number of nitrogens with zero attached hydrogens (tertiary/aromatic N) is 2. The maximum atomic E-state index is 11.7. The molecule has 5 heteroatoms. The first-order valence-corrected chi connectivity index (χ1v) is 5.11. The van der Waals surface area contributed by atoms with E-state index in [4.69, 9.17) is 9.47 Å². The SMILES string of the molecule is COCc1cc(C)n(C(=O)OC(C)(C)C)n1. The quantitative estimate of drug-likeness (QED) is 0.775. The summed E-state index contributed by atoms with van der Waals surface area (Å²) in [4.78, 5) is 11.7. The highest BCUT2D eigenvalue weighted by Gasteiger charge is 2.20. The van der Waals surface area contributed by atoms with Crippen LogP contribution in [0.3, 0.4) is 0 Å². The summed E-state index contributed by atoms with van der Waals surface area (Å²) < 4.78 is 11.4. The fraction of sp³-hybridized carbons (Fsp3) is 0.636. The Labute approximate surface area is 95.3 Å². The Morgan fingerprint density at radius 2 is 2.12 bits per heavy atom. The zero-order valence-electron chi connectivity index (χ0n) is 10.4. The van der Waals surface area contributed by atoms with Gasteiger partial charge in [0.25, 0.3) is 0 Å². The van der Waals surface area contributed by atoms with Gasteiger partial charge < -0.3 is 9.47 Å². The van der Waals surface area contributed by atoms with Crippen LogP contribution in [0.1, 0.15) is 32.2 Å². The molecule has 0 spiro atoms. The predicted octanol–water partition coefficient (Wildman–Crippen LogP) is 2.12. The minimum Gasteiger partial charge on any atom is -0.442 e. The van der Waals surface area contributed by atoms with Crippen molar-refractivity contribution >= 4 is 6.09 Å². The van der Waals surface area contributed by atoms with Crippen molar-refractivity contribution in [2.75, 3.05) is 7.11 Å². The summed E-state index contributed by atoms with van der Waals surface area (Å²) in [5, 5.41) is 4.10. The van der Waals surface area contributed by atoms with Crippen LogP contribution in [0.25, 0.3) is 0 Å². The van der Waals surface area contributed by atoms with Crippen molar-refractivity contribution in [3.05, 3.63) is 17.5 Å². The lowest BCUT2D eigenvalue weighted by Crippen LogP contribution is -2.28. The van der Waals surface area contributed by atoms with E-state index in [0.29, 0.717) is 12.3 Å². The number of hydrogen-bond acceptors (Lipinski definition) is 4. The summed E-state index contributed by atoms with van der Waals surface area (Å²) in [6.45, 7) is 7.64. The van der Waals surface area contributed by atoms with E-state index >= 15 is 0 Å². The lowest BCUT2D eigenvalue weighted by molar-refractivity contribution is 0.0509. The summed E-state index contributed by atoms with van der Waals surface area (Å²) in [7, 11) is 1.59. The fourth-order valence-electron chi connectivity index (χ4n) is 1.25. The molecule has 1 aromatic rings. The van der Waals surface area contributed by atoms with Crippen LogP contribution in [0.15, 0.2) is 6.07 Å². The minimum atomic E-state index is -0.517. The first kappa shape index (κ1) is 12.7. The normalized spacial score (nSPS) is 11.6. The lowest BCUT2D eigenvalue weighted by atomic mass is 10.2. The van der Waals surface area contributed by atoms with Crippen LogP contribution >= 0.6 is 0 Å². The van der Waals surface area contributed by atoms with Gasteiger partial charge in [0.15, 0.2) is 0 Å². The molecule has 0 saturated carbocycles. The molecule has 0 saturated heterocycles. The summed E-state index contributed by atoms with van der Waals surface area (Å²) >= 11 is 0. The molecule has 0 aliphatic rings. The second-order valence-electron chi connectivity index (χ2n) is 4.60. The summed E-state index contributed by atoms with van der Waals surface area (Å²) in [5.74, 6) is 0. The Hall–Kier alpha value is -1.36. The number of methoxy groups -OCH3 is 1. The summed E-state index contributed by atoms with van der Waals surface area (Å²) in [5.41, 5.74) is 0.934. The Balaban J connectivity index is 2.83. The molecule has 1 aromatic heterocycles. The lowest BCUT2D eigenvalue weighted by Gasteiger charge is -2.19. The average Bonchev–Trinajstić information content (AvgIpc) is 2.44. The van der Waals surface area contributed by atoms with E-state index in [-0.39, 0.29) is 0 Å². The van der Waals surface area contributed by atoms with Gasteiger partial charge in [0, 0.05) is 12.8 Å². The van der Waals surface area contributed by atoms with E-state index in [9.17, 15) is 4.79 Å². The van der Waals surface area contributed by atoms with E-state index in [1.807, 2.05) is 20.8 Å². The number of aromatic nitrogens is 2. The third-order valence-electron chi connectivity index (χ3n) is 1.80. The van der Waals surface area contributed by atoms with Gasteiger partial charge in [-0.05, 0) is 33.8 Å². The van der Waals surface area contributed by atoms with Crippen LogP contribution in [-0.2, 0) is 16.1 Å². The molecule has 0 aliphatic heterocycles. The molecule has 0 fully saturated rings. The summed E-state index contributed by atoms with van der Waals surface area (Å²) in [6, 6.07) is 1.80. The monoisotopic (exact) mass is 226 g/mol. The molecule has 0 bridgehead atoms. The molecule has 5 nitrogen and oxygen atoms in total. The second-order valence-corrected chi connectivity index (χ2v) is 4.60. The Kier molecular flexibility index (Phi) is 3.70. The fourth-order valence-corrected chi connectivity index (χ4v) is 1.25. The van der Waals surface area contributed by atoms with Gasteiger partial charge in [-0.2, -0.15) is 9.78 Å². The highest BCUT2D eigenvalue weighted by atomic mass is 16.6. The Morgan fingerprint density at radius 3 is 2.62 bits per heavy atom. The molecule has 0 radical (unpaired) electrons. The highest BCUT2D eigenvalue weighted by Crippen LogP contribution is 2.11. The van der Waals surface area contributed by atoms with Gasteiger partial charge >= 0.3 is 6.09 Å². The van der Waals surface area contributed by atoms with Crippen molar-refractivity contribution in [2.24, 2.45) is 0 Å². The first-order chi connectivity index (χ1) is 7.33. The molecule has 0 atom stereocenters. The number of carbonyl (C=O) groups excluding carboxylic acids is 1. The van der Waals surface area contributed by atoms with Crippen LogP contribution in [0, 0.1) is 6.92 Å². The standard InChI is InChI=1S/C11H18N2O3/c1-8-6-9(7-15-5)12-13(8)10(14)16-11(2,3)4/h6H,7H2,1-5H3. The largest absolute Gasteiger partial charge is 0.442 e. The van der Waals surface area contributed by atoms with Crippen molar-refractivity contribution in [3.8, 4) is 0 Å². The molecule has 90 valence electrons. The molecular weight excluding hydrogens is 208 g/mol. The van der Waals surface area contributed by atoms with E-state index in [0.717, 1.165) is 5.69 Å². The number of rotatable bonds is 2. The number of hydrogen-bond donors (Lipinski definition) is 0. The van der Waals surface area contributed by atoms with Gasteiger partial charge in [-0.1, -0.05) is 0 Å².